The number of carbonyl (C=O) groups excluding carboxylic acids is 6. The van der Waals surface area contributed by atoms with Crippen molar-refractivity contribution in [1.29, 1.82) is 0 Å². The van der Waals surface area contributed by atoms with Gasteiger partial charge in [0.25, 0.3) is 0 Å². The van der Waals surface area contributed by atoms with Gasteiger partial charge in [-0.2, -0.15) is 0 Å². The van der Waals surface area contributed by atoms with Crippen LogP contribution in [-0.4, -0.2) is 35.7 Å². The third kappa shape index (κ3) is 6.06. The molecule has 8 amide bonds. The summed E-state index contributed by atoms with van der Waals surface area (Å²) in [4.78, 5) is 69.8. The molecule has 0 saturated carbocycles. The Hall–Kier alpha value is -3.04. The van der Waals surface area contributed by atoms with E-state index in [-0.39, 0.29) is 17.8 Å². The summed E-state index contributed by atoms with van der Waals surface area (Å²) in [6.07, 6.45) is 4.19. The van der Waals surface area contributed by atoms with Gasteiger partial charge in [-0.15, -0.1) is 6.58 Å². The molecule has 0 aromatic carbocycles. The van der Waals surface area contributed by atoms with E-state index in [0.717, 1.165) is 12.8 Å². The molecule has 0 spiro atoms. The van der Waals surface area contributed by atoms with Crippen molar-refractivity contribution in [3.8, 4) is 0 Å². The smallest absolute Gasteiger partial charge is 0.277 e. The highest BCUT2D eigenvalue weighted by Crippen LogP contribution is 2.39. The summed E-state index contributed by atoms with van der Waals surface area (Å²) in [6.45, 7) is 15.1. The average molecular weight is 465 g/mol. The van der Waals surface area contributed by atoms with Gasteiger partial charge in [0.1, 0.15) is 10.8 Å². The zero-order chi connectivity index (χ0) is 25.6. The van der Waals surface area contributed by atoms with Crippen molar-refractivity contribution in [1.82, 2.24) is 21.3 Å². The Balaban J connectivity index is 0.000000331. The number of urea groups is 2. The minimum absolute atomic E-state index is 0.0735. The number of allylic oxidation sites excluding steroid dienone is 1. The van der Waals surface area contributed by atoms with Crippen molar-refractivity contribution in [3.63, 3.8) is 0 Å². The molecule has 33 heavy (non-hydrogen) atoms. The van der Waals surface area contributed by atoms with Gasteiger partial charge in [0.05, 0.1) is 0 Å². The SMILES string of the molecule is C=CCC1(CC(C)(C)C)C(=O)NC(=O)NC1=O.CCCC(C)C1(CC)C(=O)NC(=O)NC1=O. The molecule has 1 atom stereocenters. The maximum absolute atomic E-state index is 12.0. The second kappa shape index (κ2) is 10.7. The fraction of sp³-hybridized carbons (Fsp3) is 0.652. The van der Waals surface area contributed by atoms with E-state index >= 15 is 0 Å². The van der Waals surface area contributed by atoms with Crippen LogP contribution in [0.5, 0.6) is 0 Å². The van der Waals surface area contributed by atoms with Crippen molar-refractivity contribution in [3.05, 3.63) is 12.7 Å². The highest BCUT2D eigenvalue weighted by Gasteiger charge is 2.52. The first-order valence-electron chi connectivity index (χ1n) is 11.1. The van der Waals surface area contributed by atoms with Crippen LogP contribution in [0.2, 0.25) is 0 Å². The van der Waals surface area contributed by atoms with Crippen molar-refractivity contribution in [2.24, 2.45) is 22.2 Å². The monoisotopic (exact) mass is 464 g/mol. The predicted molar refractivity (Wildman–Crippen MR) is 121 cm³/mol. The highest BCUT2D eigenvalue weighted by atomic mass is 16.2. The maximum atomic E-state index is 12.0. The first-order valence-corrected chi connectivity index (χ1v) is 11.1. The van der Waals surface area contributed by atoms with Gasteiger partial charge in [-0.25, -0.2) is 9.59 Å². The lowest BCUT2D eigenvalue weighted by Crippen LogP contribution is -2.64. The summed E-state index contributed by atoms with van der Waals surface area (Å²) >= 11 is 0. The van der Waals surface area contributed by atoms with Crippen molar-refractivity contribution >= 4 is 35.7 Å². The van der Waals surface area contributed by atoms with Gasteiger partial charge in [-0.1, -0.05) is 54.0 Å². The molecule has 2 fully saturated rings. The minimum Gasteiger partial charge on any atom is -0.277 e. The topological polar surface area (TPSA) is 151 Å². The molecule has 2 aliphatic heterocycles. The number of nitrogens with one attached hydrogen (secondary N) is 4. The molecular weight excluding hydrogens is 428 g/mol. The van der Waals surface area contributed by atoms with Crippen molar-refractivity contribution in [2.45, 2.75) is 73.6 Å². The van der Waals surface area contributed by atoms with E-state index in [1.807, 2.05) is 34.6 Å². The predicted octanol–water partition coefficient (Wildman–Crippen LogP) is 2.54. The lowest BCUT2D eigenvalue weighted by atomic mass is 9.70. The molecule has 2 rings (SSSR count). The molecule has 0 aromatic rings. The number of barbiturate groups is 2. The summed E-state index contributed by atoms with van der Waals surface area (Å²) in [5.41, 5.74) is -2.53. The number of rotatable bonds is 7. The third-order valence-electron chi connectivity index (χ3n) is 6.03. The first-order chi connectivity index (χ1) is 15.2. The van der Waals surface area contributed by atoms with Crippen LogP contribution in [0.4, 0.5) is 9.59 Å². The van der Waals surface area contributed by atoms with Crippen LogP contribution in [0.3, 0.4) is 0 Å². The molecule has 1 unspecified atom stereocenters. The molecule has 2 aliphatic rings. The molecule has 10 nitrogen and oxygen atoms in total. The van der Waals surface area contributed by atoms with E-state index in [4.69, 9.17) is 0 Å². The van der Waals surface area contributed by atoms with Crippen LogP contribution in [0, 0.1) is 22.2 Å². The quantitative estimate of drug-likeness (QED) is 0.336. The zero-order valence-corrected chi connectivity index (χ0v) is 20.3. The molecule has 2 heterocycles. The second-order valence-electron chi connectivity index (χ2n) is 9.80. The van der Waals surface area contributed by atoms with Gasteiger partial charge >= 0.3 is 12.1 Å². The molecular formula is C23H36N4O6. The van der Waals surface area contributed by atoms with E-state index < -0.39 is 46.5 Å². The minimum atomic E-state index is -1.23. The lowest BCUT2D eigenvalue weighted by Gasteiger charge is -2.37. The largest absolute Gasteiger partial charge is 0.328 e. The van der Waals surface area contributed by atoms with E-state index in [1.54, 1.807) is 6.92 Å². The fourth-order valence-corrected chi connectivity index (χ4v) is 4.51. The zero-order valence-electron chi connectivity index (χ0n) is 20.3. The summed E-state index contributed by atoms with van der Waals surface area (Å²) < 4.78 is 0. The van der Waals surface area contributed by atoms with E-state index in [1.165, 1.54) is 6.08 Å². The Labute approximate surface area is 194 Å². The van der Waals surface area contributed by atoms with E-state index in [9.17, 15) is 28.8 Å². The molecule has 4 N–H and O–H groups in total. The lowest BCUT2D eigenvalue weighted by molar-refractivity contribution is -0.149. The number of hydrogen-bond donors (Lipinski definition) is 4. The van der Waals surface area contributed by atoms with Gasteiger partial charge < -0.3 is 0 Å². The second-order valence-corrected chi connectivity index (χ2v) is 9.80. The molecule has 184 valence electrons. The Morgan fingerprint density at radius 3 is 1.61 bits per heavy atom. The molecule has 0 aliphatic carbocycles. The summed E-state index contributed by atoms with van der Waals surface area (Å²) in [5.74, 6) is -2.09. The Bertz CT molecular complexity index is 802. The van der Waals surface area contributed by atoms with Gasteiger partial charge in [-0.3, -0.25) is 40.4 Å². The van der Waals surface area contributed by atoms with E-state index in [2.05, 4.69) is 27.8 Å². The number of carbonyl (C=O) groups is 6. The van der Waals surface area contributed by atoms with E-state index in [0.29, 0.717) is 12.8 Å². The number of hydrogen-bond acceptors (Lipinski definition) is 6. The van der Waals surface area contributed by atoms with Gasteiger partial charge in [0, 0.05) is 0 Å². The average Bonchev–Trinajstić information content (AvgIpc) is 2.66. The Morgan fingerprint density at radius 2 is 1.27 bits per heavy atom. The van der Waals surface area contributed by atoms with Crippen molar-refractivity contribution in [2.75, 3.05) is 0 Å². The summed E-state index contributed by atoms with van der Waals surface area (Å²) in [5, 5.41) is 8.66. The van der Waals surface area contributed by atoms with Crippen molar-refractivity contribution < 1.29 is 28.8 Å². The Morgan fingerprint density at radius 1 is 0.848 bits per heavy atom. The van der Waals surface area contributed by atoms with Crippen LogP contribution in [0.1, 0.15) is 73.6 Å². The molecule has 0 radical (unpaired) electrons. The highest BCUT2D eigenvalue weighted by molar-refractivity contribution is 6.20. The standard InChI is InChI=1S/C12H18N2O3.C11H18N2O3/c1-5-6-12(7-11(2,3)4)8(15)13-10(17)14-9(12)16;1-4-6-7(3)11(5-2)8(14)12-10(16)13-9(11)15/h5H,1,6-7H2,2-4H3,(H2,13,14,15,16,17);7H,4-6H2,1-3H3,(H2,12,13,14,15,16). The summed E-state index contributed by atoms with van der Waals surface area (Å²) in [6, 6.07) is -1.48. The third-order valence-corrected chi connectivity index (χ3v) is 6.03. The molecule has 0 aromatic heterocycles. The van der Waals surface area contributed by atoms with Gasteiger partial charge in [0.2, 0.25) is 23.6 Å². The normalized spacial score (nSPS) is 20.4. The van der Waals surface area contributed by atoms with Crippen LogP contribution < -0.4 is 21.3 Å². The fourth-order valence-electron chi connectivity index (χ4n) is 4.51. The molecule has 10 heteroatoms. The first kappa shape index (κ1) is 28.0. The van der Waals surface area contributed by atoms with Crippen LogP contribution in [0.15, 0.2) is 12.7 Å². The summed E-state index contributed by atoms with van der Waals surface area (Å²) in [7, 11) is 0. The maximum Gasteiger partial charge on any atom is 0.328 e. The number of imide groups is 4. The van der Waals surface area contributed by atoms with Gasteiger partial charge in [0.15, 0.2) is 0 Å². The van der Waals surface area contributed by atoms with Crippen LogP contribution in [0.25, 0.3) is 0 Å². The number of amides is 8. The van der Waals surface area contributed by atoms with Gasteiger partial charge in [-0.05, 0) is 37.0 Å². The molecule has 0 bridgehead atoms. The van der Waals surface area contributed by atoms with Crippen LogP contribution in [-0.2, 0) is 19.2 Å². The Kier molecular flexibility index (Phi) is 9.09. The molecule has 2 saturated heterocycles. The van der Waals surface area contributed by atoms with Crippen LogP contribution >= 0.6 is 0 Å².